The normalized spacial score (nSPS) is 23.5. The average molecular weight is 295 g/mol. The lowest BCUT2D eigenvalue weighted by Crippen LogP contribution is -2.43. The summed E-state index contributed by atoms with van der Waals surface area (Å²) in [5, 5.41) is 9.08. The summed E-state index contributed by atoms with van der Waals surface area (Å²) >= 11 is 0. The minimum atomic E-state index is 0.0942. The predicted molar refractivity (Wildman–Crippen MR) is 82.8 cm³/mol. The number of piperidine rings is 1. The van der Waals surface area contributed by atoms with Gasteiger partial charge in [0.25, 0.3) is 0 Å². The van der Waals surface area contributed by atoms with Crippen molar-refractivity contribution >= 4 is 11.8 Å². The van der Waals surface area contributed by atoms with Crippen molar-refractivity contribution in [2.45, 2.75) is 51.4 Å². The van der Waals surface area contributed by atoms with Crippen LogP contribution in [0, 0.1) is 11.8 Å². The Morgan fingerprint density at radius 1 is 0.952 bits per heavy atom. The van der Waals surface area contributed by atoms with Crippen molar-refractivity contribution in [1.29, 1.82) is 0 Å². The topological polar surface area (TPSA) is 70.2 Å². The molecule has 0 spiro atoms. The monoisotopic (exact) mass is 295 g/mol. The Hall–Kier alpha value is -1.10. The highest BCUT2D eigenvalue weighted by molar-refractivity contribution is 5.79. The van der Waals surface area contributed by atoms with Gasteiger partial charge >= 0.3 is 0 Å². The average Bonchev–Trinajstić information content (AvgIpc) is 2.53. The third-order valence-electron chi connectivity index (χ3n) is 4.61. The van der Waals surface area contributed by atoms with E-state index in [1.54, 1.807) is 0 Å². The molecular weight excluding hydrogens is 266 g/mol. The van der Waals surface area contributed by atoms with Gasteiger partial charge in [-0.25, -0.2) is 0 Å². The minimum absolute atomic E-state index is 0.0942. The zero-order valence-electron chi connectivity index (χ0n) is 13.0. The second kappa shape index (κ2) is 9.03. The van der Waals surface area contributed by atoms with Gasteiger partial charge in [0, 0.05) is 26.1 Å². The van der Waals surface area contributed by atoms with E-state index in [2.05, 4.69) is 16.0 Å². The quantitative estimate of drug-likeness (QED) is 0.645. The van der Waals surface area contributed by atoms with Gasteiger partial charge in [0.15, 0.2) is 0 Å². The van der Waals surface area contributed by atoms with Crippen LogP contribution in [-0.2, 0) is 9.59 Å². The zero-order valence-corrected chi connectivity index (χ0v) is 13.0. The highest BCUT2D eigenvalue weighted by atomic mass is 16.2. The molecule has 3 N–H and O–H groups in total. The van der Waals surface area contributed by atoms with Gasteiger partial charge in [-0.05, 0) is 38.1 Å². The van der Waals surface area contributed by atoms with Crippen LogP contribution in [0.15, 0.2) is 0 Å². The van der Waals surface area contributed by atoms with Crippen LogP contribution in [0.3, 0.4) is 0 Å². The largest absolute Gasteiger partial charge is 0.354 e. The highest BCUT2D eigenvalue weighted by Gasteiger charge is 2.20. The van der Waals surface area contributed by atoms with Gasteiger partial charge in [0.05, 0.1) is 5.92 Å². The Balaban J connectivity index is 1.52. The van der Waals surface area contributed by atoms with Crippen LogP contribution in [0.1, 0.15) is 51.4 Å². The maximum Gasteiger partial charge on any atom is 0.224 e. The Labute approximate surface area is 127 Å². The molecule has 1 aliphatic carbocycles. The summed E-state index contributed by atoms with van der Waals surface area (Å²) in [5.74, 6) is 0.914. The predicted octanol–water partition coefficient (Wildman–Crippen LogP) is 1.19. The molecule has 2 fully saturated rings. The van der Waals surface area contributed by atoms with E-state index < -0.39 is 0 Å². The van der Waals surface area contributed by atoms with E-state index in [-0.39, 0.29) is 17.7 Å². The molecule has 0 aromatic rings. The molecule has 0 bridgehead atoms. The molecule has 5 heteroatoms. The van der Waals surface area contributed by atoms with Gasteiger partial charge < -0.3 is 16.0 Å². The van der Waals surface area contributed by atoms with Gasteiger partial charge in [0.1, 0.15) is 0 Å². The first-order chi connectivity index (χ1) is 10.3. The lowest BCUT2D eigenvalue weighted by atomic mass is 9.87. The smallest absolute Gasteiger partial charge is 0.224 e. The summed E-state index contributed by atoms with van der Waals surface area (Å²) in [6, 6.07) is 0. The van der Waals surface area contributed by atoms with E-state index in [0.717, 1.165) is 25.9 Å². The van der Waals surface area contributed by atoms with Crippen molar-refractivity contribution in [3.8, 4) is 0 Å². The van der Waals surface area contributed by atoms with Crippen LogP contribution in [0.5, 0.6) is 0 Å². The Morgan fingerprint density at radius 2 is 1.71 bits per heavy atom. The van der Waals surface area contributed by atoms with E-state index in [1.807, 2.05) is 0 Å². The van der Waals surface area contributed by atoms with Crippen molar-refractivity contribution in [1.82, 2.24) is 16.0 Å². The molecule has 1 saturated heterocycles. The summed E-state index contributed by atoms with van der Waals surface area (Å²) in [4.78, 5) is 23.7. The second-order valence-electron chi connectivity index (χ2n) is 6.39. The fraction of sp³-hybridized carbons (Fsp3) is 0.875. The van der Waals surface area contributed by atoms with Crippen LogP contribution in [-0.4, -0.2) is 38.0 Å². The number of carbonyl (C=O) groups is 2. The molecule has 1 unspecified atom stereocenters. The van der Waals surface area contributed by atoms with Crippen molar-refractivity contribution < 1.29 is 9.59 Å². The molecule has 120 valence electrons. The van der Waals surface area contributed by atoms with Crippen LogP contribution >= 0.6 is 0 Å². The summed E-state index contributed by atoms with van der Waals surface area (Å²) in [5.41, 5.74) is 0. The molecule has 21 heavy (non-hydrogen) atoms. The van der Waals surface area contributed by atoms with Crippen LogP contribution in [0.2, 0.25) is 0 Å². The Kier molecular flexibility index (Phi) is 7.00. The van der Waals surface area contributed by atoms with Gasteiger partial charge in [0.2, 0.25) is 11.8 Å². The summed E-state index contributed by atoms with van der Waals surface area (Å²) < 4.78 is 0. The number of rotatable bonds is 6. The zero-order chi connectivity index (χ0) is 14.9. The molecule has 5 nitrogen and oxygen atoms in total. The molecule has 0 aromatic heterocycles. The fourth-order valence-corrected chi connectivity index (χ4v) is 3.33. The Morgan fingerprint density at radius 3 is 2.43 bits per heavy atom. The summed E-state index contributed by atoms with van der Waals surface area (Å²) in [7, 11) is 0. The van der Waals surface area contributed by atoms with Crippen molar-refractivity contribution in [2.75, 3.05) is 26.2 Å². The van der Waals surface area contributed by atoms with E-state index in [1.165, 1.54) is 32.1 Å². The van der Waals surface area contributed by atoms with E-state index in [9.17, 15) is 9.59 Å². The Bertz CT molecular complexity index is 334. The molecule has 2 amide bonds. The maximum atomic E-state index is 11.9. The standard InChI is InChI=1S/C16H29N3O2/c20-15(11-13-5-2-1-3-6-13)18-9-10-19-16(21)14-7-4-8-17-12-14/h13-14,17H,1-12H2,(H,18,20)(H,19,21). The first-order valence-corrected chi connectivity index (χ1v) is 8.51. The third-order valence-corrected chi connectivity index (χ3v) is 4.61. The number of carbonyl (C=O) groups excluding carboxylic acids is 2. The van der Waals surface area contributed by atoms with Crippen LogP contribution < -0.4 is 16.0 Å². The minimum Gasteiger partial charge on any atom is -0.354 e. The number of hydrogen-bond acceptors (Lipinski definition) is 3. The van der Waals surface area contributed by atoms with Gasteiger partial charge in [-0.1, -0.05) is 19.3 Å². The lowest BCUT2D eigenvalue weighted by molar-refractivity contribution is -0.126. The van der Waals surface area contributed by atoms with Crippen molar-refractivity contribution in [2.24, 2.45) is 11.8 Å². The SMILES string of the molecule is O=C(CC1CCCCC1)NCCNC(=O)C1CCCNC1. The first-order valence-electron chi connectivity index (χ1n) is 8.51. The van der Waals surface area contributed by atoms with Gasteiger partial charge in [-0.15, -0.1) is 0 Å². The number of nitrogens with one attached hydrogen (secondary N) is 3. The van der Waals surface area contributed by atoms with Crippen LogP contribution in [0.4, 0.5) is 0 Å². The van der Waals surface area contributed by atoms with E-state index in [0.29, 0.717) is 25.4 Å². The second-order valence-corrected chi connectivity index (χ2v) is 6.39. The molecule has 1 atom stereocenters. The third kappa shape index (κ3) is 6.04. The molecule has 1 saturated carbocycles. The molecule has 0 aromatic carbocycles. The summed E-state index contributed by atoms with van der Waals surface area (Å²) in [6.07, 6.45) is 8.92. The molecular formula is C16H29N3O2. The molecule has 2 rings (SSSR count). The molecule has 0 radical (unpaired) electrons. The number of hydrogen-bond donors (Lipinski definition) is 3. The van der Waals surface area contributed by atoms with Gasteiger partial charge in [-0.2, -0.15) is 0 Å². The maximum absolute atomic E-state index is 11.9. The fourth-order valence-electron chi connectivity index (χ4n) is 3.33. The van der Waals surface area contributed by atoms with Crippen molar-refractivity contribution in [3.05, 3.63) is 0 Å². The molecule has 1 aliphatic heterocycles. The van der Waals surface area contributed by atoms with E-state index in [4.69, 9.17) is 0 Å². The molecule has 1 heterocycles. The van der Waals surface area contributed by atoms with Gasteiger partial charge in [-0.3, -0.25) is 9.59 Å². The lowest BCUT2D eigenvalue weighted by Gasteiger charge is -2.22. The summed E-state index contributed by atoms with van der Waals surface area (Å²) in [6.45, 7) is 2.87. The van der Waals surface area contributed by atoms with Crippen molar-refractivity contribution in [3.63, 3.8) is 0 Å². The van der Waals surface area contributed by atoms with Crippen LogP contribution in [0.25, 0.3) is 0 Å². The first kappa shape index (κ1) is 16.3. The number of amides is 2. The molecule has 2 aliphatic rings. The van der Waals surface area contributed by atoms with E-state index >= 15 is 0 Å². The highest BCUT2D eigenvalue weighted by Crippen LogP contribution is 2.25.